The van der Waals surface area contributed by atoms with E-state index in [4.69, 9.17) is 13.6 Å². The summed E-state index contributed by atoms with van der Waals surface area (Å²) in [6.45, 7) is 3.90. The van der Waals surface area contributed by atoms with Crippen LogP contribution in [0.15, 0.2) is 5.57 Å². The zero-order valence-electron chi connectivity index (χ0n) is 10.2. The highest BCUT2D eigenvalue weighted by Gasteiger charge is 2.27. The molecular formula is C10H18O4SSi. The average Bonchev–Trinajstić information content (AvgIpc) is 2.32. The van der Waals surface area contributed by atoms with Crippen LogP contribution >= 0.6 is 12.2 Å². The molecule has 0 aromatic heterocycles. The molecule has 0 bridgehead atoms. The molecule has 0 amide bonds. The van der Waals surface area contributed by atoms with Crippen LogP contribution in [-0.2, 0) is 18.4 Å². The Morgan fingerprint density at radius 3 is 2.38 bits per heavy atom. The number of carbonyl (C=O) groups excluding carboxylic acids is 1. The number of thiocarbonyl (C=S) groups is 1. The summed E-state index contributed by atoms with van der Waals surface area (Å²) in [5.74, 6) is -0.409. The SMILES string of the molecule is CO[Si](C)(CCCOC(=O)C(C)=C=S)OC. The summed E-state index contributed by atoms with van der Waals surface area (Å²) in [6.07, 6.45) is 0.723. The second kappa shape index (κ2) is 7.70. The molecule has 0 radical (unpaired) electrons. The maximum absolute atomic E-state index is 11.2. The van der Waals surface area contributed by atoms with Gasteiger partial charge in [0.05, 0.1) is 12.2 Å². The van der Waals surface area contributed by atoms with Gasteiger partial charge >= 0.3 is 14.5 Å². The molecule has 4 nitrogen and oxygen atoms in total. The van der Waals surface area contributed by atoms with Crippen LogP contribution in [0.1, 0.15) is 13.3 Å². The lowest BCUT2D eigenvalue weighted by molar-refractivity contribution is -0.138. The molecule has 0 saturated heterocycles. The van der Waals surface area contributed by atoms with Gasteiger partial charge in [-0.25, -0.2) is 4.79 Å². The third-order valence-electron chi connectivity index (χ3n) is 2.33. The molecule has 6 heteroatoms. The predicted octanol–water partition coefficient (Wildman–Crippen LogP) is 1.83. The molecule has 0 aliphatic heterocycles. The molecule has 0 aromatic rings. The first-order valence-electron chi connectivity index (χ1n) is 4.98. The molecule has 0 heterocycles. The summed E-state index contributed by atoms with van der Waals surface area (Å²) in [4.78, 5) is 11.2. The lowest BCUT2D eigenvalue weighted by Crippen LogP contribution is -2.36. The third-order valence-corrected chi connectivity index (χ3v) is 5.63. The predicted molar refractivity (Wildman–Crippen MR) is 67.8 cm³/mol. The Hall–Kier alpha value is -0.523. The van der Waals surface area contributed by atoms with Crippen LogP contribution in [0.2, 0.25) is 12.6 Å². The number of ether oxygens (including phenoxy) is 1. The van der Waals surface area contributed by atoms with E-state index in [2.05, 4.69) is 17.2 Å². The lowest BCUT2D eigenvalue weighted by atomic mass is 10.4. The van der Waals surface area contributed by atoms with E-state index in [0.717, 1.165) is 12.5 Å². The Bertz CT molecular complexity index is 283. The average molecular weight is 262 g/mol. The van der Waals surface area contributed by atoms with Crippen LogP contribution in [0.25, 0.3) is 0 Å². The van der Waals surface area contributed by atoms with E-state index in [9.17, 15) is 4.79 Å². The maximum atomic E-state index is 11.2. The van der Waals surface area contributed by atoms with Crippen molar-refractivity contribution in [1.29, 1.82) is 0 Å². The van der Waals surface area contributed by atoms with Gasteiger partial charge in [0, 0.05) is 14.2 Å². The highest BCUT2D eigenvalue weighted by atomic mass is 32.1. The van der Waals surface area contributed by atoms with Gasteiger partial charge in [-0.1, -0.05) is 0 Å². The number of rotatable bonds is 7. The highest BCUT2D eigenvalue weighted by molar-refractivity contribution is 7.78. The zero-order valence-corrected chi connectivity index (χ0v) is 12.0. The summed E-state index contributed by atoms with van der Waals surface area (Å²) < 4.78 is 15.6. The van der Waals surface area contributed by atoms with Crippen LogP contribution in [-0.4, -0.2) is 40.4 Å². The third kappa shape index (κ3) is 5.53. The molecule has 0 N–H and O–H groups in total. The molecule has 0 fully saturated rings. The molecule has 0 spiro atoms. The fourth-order valence-electron chi connectivity index (χ4n) is 0.996. The second-order valence-corrected chi connectivity index (χ2v) is 7.30. The first kappa shape index (κ1) is 15.5. The van der Waals surface area contributed by atoms with Crippen molar-refractivity contribution in [3.8, 4) is 0 Å². The fraction of sp³-hybridized carbons (Fsp3) is 0.700. The van der Waals surface area contributed by atoms with Crippen LogP contribution in [0.5, 0.6) is 0 Å². The van der Waals surface area contributed by atoms with Crippen molar-refractivity contribution in [2.75, 3.05) is 20.8 Å². The van der Waals surface area contributed by atoms with Crippen LogP contribution in [0, 0.1) is 0 Å². The number of hydrogen-bond acceptors (Lipinski definition) is 5. The van der Waals surface area contributed by atoms with Gasteiger partial charge in [0.1, 0.15) is 0 Å². The minimum absolute atomic E-state index is 0.327. The minimum atomic E-state index is -2.04. The van der Waals surface area contributed by atoms with Gasteiger partial charge in [-0.2, -0.15) is 0 Å². The lowest BCUT2D eigenvalue weighted by Gasteiger charge is -2.22. The fourth-order valence-corrected chi connectivity index (χ4v) is 2.44. The number of esters is 1. The largest absolute Gasteiger partial charge is 0.462 e. The van der Waals surface area contributed by atoms with E-state index in [-0.39, 0.29) is 0 Å². The Balaban J connectivity index is 3.85. The molecule has 0 aliphatic rings. The van der Waals surface area contributed by atoms with Crippen molar-refractivity contribution in [2.45, 2.75) is 25.9 Å². The van der Waals surface area contributed by atoms with Gasteiger partial charge in [0.2, 0.25) is 0 Å². The van der Waals surface area contributed by atoms with E-state index < -0.39 is 14.5 Å². The van der Waals surface area contributed by atoms with Gasteiger partial charge in [-0.3, -0.25) is 0 Å². The Morgan fingerprint density at radius 1 is 1.38 bits per heavy atom. The number of hydrogen-bond donors (Lipinski definition) is 0. The molecular weight excluding hydrogens is 244 g/mol. The first-order chi connectivity index (χ1) is 7.49. The number of carbonyl (C=O) groups is 1. The topological polar surface area (TPSA) is 44.8 Å². The van der Waals surface area contributed by atoms with Crippen molar-refractivity contribution in [3.05, 3.63) is 5.57 Å². The maximum Gasteiger partial charge on any atom is 0.342 e. The molecule has 0 aliphatic carbocycles. The summed E-state index contributed by atoms with van der Waals surface area (Å²) in [5, 5.41) is 2.33. The second-order valence-electron chi connectivity index (χ2n) is 3.51. The molecule has 92 valence electrons. The highest BCUT2D eigenvalue weighted by Crippen LogP contribution is 2.13. The van der Waals surface area contributed by atoms with Gasteiger partial charge in [0.15, 0.2) is 0 Å². The molecule has 0 aromatic carbocycles. The van der Waals surface area contributed by atoms with Crippen molar-refractivity contribution >= 4 is 31.8 Å². The summed E-state index contributed by atoms with van der Waals surface area (Å²) in [5.41, 5.74) is 0.327. The molecule has 0 unspecified atom stereocenters. The van der Waals surface area contributed by atoms with E-state index in [0.29, 0.717) is 12.2 Å². The van der Waals surface area contributed by atoms with E-state index in [1.54, 1.807) is 21.1 Å². The normalized spacial score (nSPS) is 10.8. The summed E-state index contributed by atoms with van der Waals surface area (Å²) >= 11 is 4.51. The van der Waals surface area contributed by atoms with Gasteiger partial charge in [-0.15, -0.1) is 0 Å². The Kier molecular flexibility index (Phi) is 7.45. The minimum Gasteiger partial charge on any atom is -0.462 e. The zero-order chi connectivity index (χ0) is 12.6. The van der Waals surface area contributed by atoms with Crippen LogP contribution in [0.4, 0.5) is 0 Å². The monoisotopic (exact) mass is 262 g/mol. The molecule has 16 heavy (non-hydrogen) atoms. The van der Waals surface area contributed by atoms with E-state index in [1.165, 1.54) is 0 Å². The standard InChI is InChI=1S/C10H18O4SSi/c1-9(8-15)10(11)14-6-5-7-16(4,12-2)13-3/h5-7H2,1-4H3. The quantitative estimate of drug-likeness (QED) is 0.230. The van der Waals surface area contributed by atoms with Gasteiger partial charge in [0.25, 0.3) is 0 Å². The van der Waals surface area contributed by atoms with Crippen molar-refractivity contribution < 1.29 is 18.4 Å². The Labute approximate surface area is 103 Å². The molecule has 0 saturated carbocycles. The summed E-state index contributed by atoms with van der Waals surface area (Å²) in [6, 6.07) is 0.785. The first-order valence-corrected chi connectivity index (χ1v) is 7.91. The smallest absolute Gasteiger partial charge is 0.342 e. The van der Waals surface area contributed by atoms with E-state index in [1.807, 2.05) is 6.55 Å². The van der Waals surface area contributed by atoms with E-state index >= 15 is 0 Å². The van der Waals surface area contributed by atoms with Crippen molar-refractivity contribution in [3.63, 3.8) is 0 Å². The van der Waals surface area contributed by atoms with Crippen LogP contribution in [0.3, 0.4) is 0 Å². The molecule has 0 atom stereocenters. The molecule has 0 rings (SSSR count). The van der Waals surface area contributed by atoms with Crippen molar-refractivity contribution in [1.82, 2.24) is 0 Å². The van der Waals surface area contributed by atoms with Crippen molar-refractivity contribution in [2.24, 2.45) is 0 Å². The summed E-state index contributed by atoms with van der Waals surface area (Å²) in [7, 11) is 1.24. The Morgan fingerprint density at radius 2 is 1.94 bits per heavy atom. The van der Waals surface area contributed by atoms with Gasteiger partial charge in [-0.05, 0) is 43.2 Å². The van der Waals surface area contributed by atoms with Crippen LogP contribution < -0.4 is 0 Å². The van der Waals surface area contributed by atoms with Gasteiger partial charge < -0.3 is 13.6 Å².